The average molecular weight is 578 g/mol. The quantitative estimate of drug-likeness (QED) is 0.173. The molecule has 206 valence electrons. The Morgan fingerprint density at radius 3 is 2.30 bits per heavy atom. The first-order valence-electron chi connectivity index (χ1n) is 12.5. The van der Waals surface area contributed by atoms with E-state index in [-0.39, 0.29) is 10.6 Å². The molecule has 0 saturated carbocycles. The van der Waals surface area contributed by atoms with Gasteiger partial charge in [0.1, 0.15) is 24.7 Å². The van der Waals surface area contributed by atoms with Crippen LogP contribution in [-0.4, -0.2) is 33.7 Å². The number of amides is 1. The van der Waals surface area contributed by atoms with Gasteiger partial charge in [0.25, 0.3) is 15.9 Å². The van der Waals surface area contributed by atoms with E-state index in [2.05, 4.69) is 10.5 Å². The van der Waals surface area contributed by atoms with E-state index in [0.717, 1.165) is 9.87 Å². The molecule has 0 aliphatic heterocycles. The standard InChI is InChI=1S/C30H28ClN3O5S/c1-2-38-29-15-9-8-14-28(29)34(40(36,37)26-11-4-3-5-12-26)21-30(35)33-32-20-23-16-18-25(19-17-23)39-22-24-10-6-7-13-27(24)31/h3-20H,2,21-22H2,1H3,(H,33,35)/b32-20+. The maximum Gasteiger partial charge on any atom is 0.264 e. The van der Waals surface area contributed by atoms with Crippen LogP contribution in [0.5, 0.6) is 11.5 Å². The van der Waals surface area contributed by atoms with E-state index >= 15 is 0 Å². The Bertz CT molecular complexity index is 1560. The van der Waals surface area contributed by atoms with Crippen molar-refractivity contribution < 1.29 is 22.7 Å². The van der Waals surface area contributed by atoms with Crippen molar-refractivity contribution >= 4 is 39.4 Å². The molecule has 0 atom stereocenters. The number of carbonyl (C=O) groups is 1. The number of hydrogen-bond donors (Lipinski definition) is 1. The van der Waals surface area contributed by atoms with Crippen LogP contribution in [0.25, 0.3) is 0 Å². The molecule has 8 nitrogen and oxygen atoms in total. The van der Waals surface area contributed by atoms with Crippen LogP contribution in [0.1, 0.15) is 18.1 Å². The molecule has 40 heavy (non-hydrogen) atoms. The first kappa shape index (κ1) is 28.7. The number of nitrogens with zero attached hydrogens (tertiary/aromatic N) is 2. The van der Waals surface area contributed by atoms with Crippen molar-refractivity contribution in [3.05, 3.63) is 119 Å². The van der Waals surface area contributed by atoms with Crippen molar-refractivity contribution in [3.63, 3.8) is 0 Å². The number of sulfonamides is 1. The fraction of sp³-hybridized carbons (Fsp3) is 0.133. The zero-order valence-electron chi connectivity index (χ0n) is 21.7. The zero-order valence-corrected chi connectivity index (χ0v) is 23.3. The summed E-state index contributed by atoms with van der Waals surface area (Å²) >= 11 is 6.17. The van der Waals surface area contributed by atoms with Crippen molar-refractivity contribution in [3.8, 4) is 11.5 Å². The summed E-state index contributed by atoms with van der Waals surface area (Å²) in [5.41, 5.74) is 4.25. The summed E-state index contributed by atoms with van der Waals surface area (Å²) in [5, 5.41) is 4.64. The van der Waals surface area contributed by atoms with E-state index in [1.54, 1.807) is 73.7 Å². The number of anilines is 1. The molecule has 0 fully saturated rings. The minimum Gasteiger partial charge on any atom is -0.492 e. The molecule has 0 radical (unpaired) electrons. The van der Waals surface area contributed by atoms with Gasteiger partial charge in [-0.05, 0) is 67.1 Å². The molecule has 4 rings (SSSR count). The Hall–Kier alpha value is -4.34. The third kappa shape index (κ3) is 7.40. The molecule has 0 saturated heterocycles. The molecule has 0 bridgehead atoms. The number of rotatable bonds is 12. The van der Waals surface area contributed by atoms with Gasteiger partial charge in [0.05, 0.1) is 23.4 Å². The van der Waals surface area contributed by atoms with Gasteiger partial charge in [0.15, 0.2) is 0 Å². The summed E-state index contributed by atoms with van der Waals surface area (Å²) in [4.78, 5) is 12.9. The van der Waals surface area contributed by atoms with Crippen LogP contribution >= 0.6 is 11.6 Å². The summed E-state index contributed by atoms with van der Waals surface area (Å²) in [6, 6.07) is 29.2. The molecule has 1 N–H and O–H groups in total. The number of hydrazone groups is 1. The van der Waals surface area contributed by atoms with E-state index in [1.165, 1.54) is 18.3 Å². The maximum atomic E-state index is 13.5. The Balaban J connectivity index is 1.44. The SMILES string of the molecule is CCOc1ccccc1N(CC(=O)N/N=C/c1ccc(OCc2ccccc2Cl)cc1)S(=O)(=O)c1ccccc1. The van der Waals surface area contributed by atoms with Gasteiger partial charge < -0.3 is 9.47 Å². The van der Waals surface area contributed by atoms with E-state index in [1.807, 2.05) is 24.3 Å². The van der Waals surface area contributed by atoms with Crippen LogP contribution in [0.15, 0.2) is 113 Å². The van der Waals surface area contributed by atoms with Gasteiger partial charge >= 0.3 is 0 Å². The molecule has 1 amide bonds. The van der Waals surface area contributed by atoms with Crippen molar-refractivity contribution in [1.82, 2.24) is 5.43 Å². The van der Waals surface area contributed by atoms with Crippen LogP contribution in [-0.2, 0) is 21.4 Å². The van der Waals surface area contributed by atoms with E-state index in [9.17, 15) is 13.2 Å². The summed E-state index contributed by atoms with van der Waals surface area (Å²) in [5.74, 6) is 0.371. The number of ether oxygens (including phenoxy) is 2. The molecular weight excluding hydrogens is 550 g/mol. The lowest BCUT2D eigenvalue weighted by atomic mass is 10.2. The highest BCUT2D eigenvalue weighted by molar-refractivity contribution is 7.92. The number of halogens is 1. The Morgan fingerprint density at radius 2 is 1.57 bits per heavy atom. The Labute approximate surface area is 238 Å². The molecule has 4 aromatic rings. The van der Waals surface area contributed by atoms with Crippen molar-refractivity contribution in [2.45, 2.75) is 18.4 Å². The molecule has 0 spiro atoms. The molecule has 0 aliphatic rings. The summed E-state index contributed by atoms with van der Waals surface area (Å²) in [6.45, 7) is 1.95. The first-order chi connectivity index (χ1) is 19.4. The third-order valence-corrected chi connectivity index (χ3v) is 7.83. The zero-order chi connectivity index (χ0) is 28.4. The van der Waals surface area contributed by atoms with Crippen molar-refractivity contribution in [2.75, 3.05) is 17.5 Å². The number of nitrogens with one attached hydrogen (secondary N) is 1. The predicted molar refractivity (Wildman–Crippen MR) is 157 cm³/mol. The van der Waals surface area contributed by atoms with Gasteiger partial charge in [-0.2, -0.15) is 5.10 Å². The van der Waals surface area contributed by atoms with Crippen molar-refractivity contribution in [2.24, 2.45) is 5.10 Å². The van der Waals surface area contributed by atoms with Gasteiger partial charge in [0.2, 0.25) is 0 Å². The summed E-state index contributed by atoms with van der Waals surface area (Å²) in [7, 11) is -4.08. The molecular formula is C30H28ClN3O5S. The van der Waals surface area contributed by atoms with Crippen LogP contribution in [0, 0.1) is 0 Å². The fourth-order valence-corrected chi connectivity index (χ4v) is 5.37. The lowest BCUT2D eigenvalue weighted by Crippen LogP contribution is -2.39. The van der Waals surface area contributed by atoms with E-state index in [0.29, 0.717) is 35.3 Å². The summed E-state index contributed by atoms with van der Waals surface area (Å²) in [6.07, 6.45) is 1.46. The fourth-order valence-electron chi connectivity index (χ4n) is 3.73. The lowest BCUT2D eigenvalue weighted by Gasteiger charge is -2.25. The second kappa shape index (κ2) is 13.6. The summed E-state index contributed by atoms with van der Waals surface area (Å²) < 4.78 is 39.5. The average Bonchev–Trinajstić information content (AvgIpc) is 2.97. The van der Waals surface area contributed by atoms with Crippen LogP contribution in [0.3, 0.4) is 0 Å². The normalized spacial score (nSPS) is 11.2. The highest BCUT2D eigenvalue weighted by Gasteiger charge is 2.29. The maximum absolute atomic E-state index is 13.5. The lowest BCUT2D eigenvalue weighted by molar-refractivity contribution is -0.119. The number of benzene rings is 4. The Kier molecular flexibility index (Phi) is 9.77. The molecule has 0 unspecified atom stereocenters. The molecule has 4 aromatic carbocycles. The minimum absolute atomic E-state index is 0.0504. The number of para-hydroxylation sites is 2. The molecule has 0 aliphatic carbocycles. The largest absolute Gasteiger partial charge is 0.492 e. The third-order valence-electron chi connectivity index (χ3n) is 5.69. The first-order valence-corrected chi connectivity index (χ1v) is 14.3. The number of hydrogen-bond acceptors (Lipinski definition) is 6. The monoisotopic (exact) mass is 577 g/mol. The molecule has 10 heteroatoms. The van der Waals surface area contributed by atoms with E-state index in [4.69, 9.17) is 21.1 Å². The topological polar surface area (TPSA) is 97.3 Å². The highest BCUT2D eigenvalue weighted by atomic mass is 35.5. The van der Waals surface area contributed by atoms with Gasteiger partial charge in [-0.3, -0.25) is 9.10 Å². The van der Waals surface area contributed by atoms with Gasteiger partial charge in [0, 0.05) is 10.6 Å². The van der Waals surface area contributed by atoms with Gasteiger partial charge in [-0.1, -0.05) is 60.1 Å². The van der Waals surface area contributed by atoms with Crippen LogP contribution < -0.4 is 19.2 Å². The van der Waals surface area contributed by atoms with Gasteiger partial charge in [-0.25, -0.2) is 13.8 Å². The minimum atomic E-state index is -4.08. The Morgan fingerprint density at radius 1 is 0.900 bits per heavy atom. The molecule has 0 heterocycles. The smallest absolute Gasteiger partial charge is 0.264 e. The van der Waals surface area contributed by atoms with Crippen LogP contribution in [0.4, 0.5) is 5.69 Å². The highest BCUT2D eigenvalue weighted by Crippen LogP contribution is 2.32. The van der Waals surface area contributed by atoms with Crippen LogP contribution in [0.2, 0.25) is 5.02 Å². The predicted octanol–water partition coefficient (Wildman–Crippen LogP) is 5.66. The van der Waals surface area contributed by atoms with E-state index < -0.39 is 22.5 Å². The van der Waals surface area contributed by atoms with Crippen molar-refractivity contribution in [1.29, 1.82) is 0 Å². The second-order valence-corrected chi connectivity index (χ2v) is 10.7. The second-order valence-electron chi connectivity index (χ2n) is 8.47. The van der Waals surface area contributed by atoms with Gasteiger partial charge in [-0.15, -0.1) is 0 Å². The molecule has 0 aromatic heterocycles. The number of carbonyl (C=O) groups excluding carboxylic acids is 1.